The highest BCUT2D eigenvalue weighted by Crippen LogP contribution is 2.31. The van der Waals surface area contributed by atoms with Crippen LogP contribution in [0.15, 0.2) is 178 Å². The van der Waals surface area contributed by atoms with Gasteiger partial charge in [0.05, 0.1) is 48.3 Å². The second kappa shape index (κ2) is 64.4. The molecule has 3 saturated carbocycles. The maximum Gasteiger partial charge on any atom is 0.338 e. The summed E-state index contributed by atoms with van der Waals surface area (Å²) in [7, 11) is 19.0. The van der Waals surface area contributed by atoms with Gasteiger partial charge in [0.15, 0.2) is 40.6 Å². The molecule has 3 fully saturated rings. The third-order valence-electron chi connectivity index (χ3n) is 19.8. The van der Waals surface area contributed by atoms with E-state index in [1.165, 1.54) is 128 Å². The summed E-state index contributed by atoms with van der Waals surface area (Å²) in [4.78, 5) is 86.2. The minimum atomic E-state index is -0.332. The van der Waals surface area contributed by atoms with Crippen molar-refractivity contribution in [3.05, 3.63) is 218 Å². The Morgan fingerprint density at radius 1 is 0.445 bits per heavy atom. The number of Topliss-reactive ketones (excluding diaryl/α,β-unsaturated/α-hetero) is 2. The van der Waals surface area contributed by atoms with Crippen LogP contribution < -0.4 is 62.7 Å². The van der Waals surface area contributed by atoms with Crippen molar-refractivity contribution >= 4 is 129 Å². The van der Waals surface area contributed by atoms with Gasteiger partial charge in [0.1, 0.15) is 66.3 Å². The molecule has 11 N–H and O–H groups in total. The topological polar surface area (TPSA) is 519 Å². The molecule has 14 aromatic rings. The molecule has 0 radical (unpaired) electrons. The molecule has 146 heavy (non-hydrogen) atoms. The standard InChI is InChI=1S/C20H25N5O4.C11H17BrN4O2.C10H12BrN3.C10H13N3.C9H9NO2.C8H8BrN5O.C7H6N4O.C6H13NO.C6H10O2.C4H6BrN3.C4H7N3.2CH4/c1-25-16(7-6-15-10-17(27-2)19(28-3)22-12-15)11-18(24-25)23-20(26)21-8-9-29-13-14-4-5-14;1-16-9(12)6-10(15-16)14-11(17)13-4-5-18-7-8-2-3-8;1-7-4-5-8(2)14(7)10-6-9(11)13(3)12-10;1-8-4-5-9(2)13(8)10-6-7-12(3)11-10;1-4-7-5-8(11-2)9(12-3)10-6-7;1-13-6(9)4-7(12-13)11-8(15)14-3-2-10-5-14;12-7(10-3-1-8-5-10)11-4-2-9-6-11;7-3-4-8-5-6-1-2-6;1-5(7)3-4-6(2)8;1-8-3(5)2-4(6)7-8;1-7-3-2-4(5)6-7;;/h10-12,14H,4-5,8-9,13H2,1-3H3,(H2,21,23,24,26);6,8H,2-5,7H2,1H3,(H2,13,14,15,17);4-6H,1-3H3;4-7H,1-3H3;1,5-6H,2-3H3;2-5H,1H3,(H,11,12,15);1-6H;6H,1-5,7H2;3-4H2,1-2H3;2H,1H3,(H2,6,7);2-3H,1H3,(H2,5,6);2*1H4. The van der Waals surface area contributed by atoms with Crippen LogP contribution in [0.4, 0.5) is 48.3 Å². The first-order chi connectivity index (χ1) is 68.9. The van der Waals surface area contributed by atoms with E-state index in [9.17, 15) is 28.8 Å². The Bertz CT molecular complexity index is 6210. The molecular formula is C97H134Br4N32O13. The number of hydrogen-bond donors (Lipinski definition) is 8. The van der Waals surface area contributed by atoms with Crippen LogP contribution in [0.5, 0.6) is 23.3 Å². The number of urea groups is 2. The van der Waals surface area contributed by atoms with Crippen molar-refractivity contribution in [2.24, 2.45) is 72.8 Å². The largest absolute Gasteiger partial charge is 0.491 e. The van der Waals surface area contributed by atoms with Crippen molar-refractivity contribution in [3.63, 3.8) is 0 Å². The number of nitrogen functional groups attached to an aromatic ring is 2. The number of carbonyl (C=O) groups is 6. The van der Waals surface area contributed by atoms with Gasteiger partial charge in [0.2, 0.25) is 0 Å². The number of anilines is 5. The Hall–Kier alpha value is -14.3. The number of aromatic nitrogens is 24. The normalized spacial score (nSPS) is 11.4. The summed E-state index contributed by atoms with van der Waals surface area (Å²) in [6, 6.07) is 23.4. The van der Waals surface area contributed by atoms with Crippen LogP contribution in [-0.4, -0.2) is 240 Å². The molecule has 14 heterocycles. The van der Waals surface area contributed by atoms with E-state index in [-0.39, 0.29) is 50.5 Å². The number of nitrogens with zero attached hydrogens (tertiary/aromatic N) is 24. The third-order valence-corrected chi connectivity index (χ3v) is 22.8. The molecule has 45 nitrogen and oxygen atoms in total. The SMILES string of the molecule is C.C.C#Cc1cnc(OC)c(OC)c1.CC(=O)CCC(C)=O.COc1cc(C#Cc2cc(NC(=O)NCCOCC3CC3)nn2C)cnc1OC.Cc1ccc(C)n1-c1cc(Br)n(C)n1.Cc1ccc(C)n1-c1ccn(C)n1.Cn1ccc(N)n1.Cn1nc(N)cc1Br.Cn1nc(NC(=O)NCCOCC2CC2)cc1Br.Cn1nc(NC(=O)n2ccnc2)cc1Br.NCCOCC1CC1.O=C(n1ccnc1)n1ccnc1. The first kappa shape index (κ1) is 122. The van der Waals surface area contributed by atoms with Crippen molar-refractivity contribution in [2.75, 3.05) is 115 Å². The number of nitrogens with one attached hydrogen (secondary N) is 5. The lowest BCUT2D eigenvalue weighted by Crippen LogP contribution is -2.31. The van der Waals surface area contributed by atoms with Gasteiger partial charge in [0.25, 0.3) is 11.8 Å². The number of carbonyl (C=O) groups excluding carboxylic acids is 6. The molecule has 14 aromatic heterocycles. The number of ether oxygens (including phenoxy) is 7. The Morgan fingerprint density at radius 2 is 0.849 bits per heavy atom. The number of ketones is 2. The summed E-state index contributed by atoms with van der Waals surface area (Å²) in [5, 5.41) is 42.3. The van der Waals surface area contributed by atoms with Gasteiger partial charge in [-0.25, -0.2) is 44.1 Å². The molecule has 0 bridgehead atoms. The Labute approximate surface area is 884 Å². The first-order valence-electron chi connectivity index (χ1n) is 45.0. The number of imidazole rings is 3. The van der Waals surface area contributed by atoms with Crippen LogP contribution in [0.2, 0.25) is 0 Å². The molecule has 3 aliphatic carbocycles. The minimum Gasteiger partial charge on any atom is -0.491 e. The lowest BCUT2D eigenvalue weighted by molar-refractivity contribution is -0.122. The number of halogens is 4. The number of terminal acetylenes is 1. The zero-order chi connectivity index (χ0) is 105. The zero-order valence-electron chi connectivity index (χ0n) is 83.6. The molecule has 0 spiro atoms. The van der Waals surface area contributed by atoms with Gasteiger partial charge in [-0.3, -0.25) is 62.4 Å². The van der Waals surface area contributed by atoms with E-state index in [2.05, 4.69) is 230 Å². The fraction of sp³-hybridized carbons (Fsp3) is 0.402. The lowest BCUT2D eigenvalue weighted by Gasteiger charge is -2.06. The predicted molar refractivity (Wildman–Crippen MR) is 573 cm³/mol. The summed E-state index contributed by atoms with van der Waals surface area (Å²) in [6.07, 6.45) is 34.4. The Balaban J connectivity index is 0.000000290. The highest BCUT2D eigenvalue weighted by Gasteiger charge is 2.23. The van der Waals surface area contributed by atoms with Crippen LogP contribution in [0.25, 0.3) is 11.6 Å². The number of nitrogens with two attached hydrogens (primary N) is 3. The third kappa shape index (κ3) is 44.9. The van der Waals surface area contributed by atoms with Crippen LogP contribution in [0.3, 0.4) is 0 Å². The highest BCUT2D eigenvalue weighted by molar-refractivity contribution is 9.11. The van der Waals surface area contributed by atoms with Crippen LogP contribution >= 0.6 is 63.7 Å². The fourth-order valence-electron chi connectivity index (χ4n) is 11.7. The van der Waals surface area contributed by atoms with E-state index in [0.717, 1.165) is 68.3 Å². The van der Waals surface area contributed by atoms with Crippen molar-refractivity contribution in [1.82, 2.24) is 127 Å². The maximum absolute atomic E-state index is 12.0. The average molecular weight is 2280 g/mol. The second-order valence-corrected chi connectivity index (χ2v) is 35.3. The van der Waals surface area contributed by atoms with E-state index in [4.69, 9.17) is 56.8 Å². The van der Waals surface area contributed by atoms with Crippen molar-refractivity contribution in [3.8, 4) is 59.1 Å². The molecule has 0 atom stereocenters. The summed E-state index contributed by atoms with van der Waals surface area (Å²) in [5.41, 5.74) is 22.6. The quantitative estimate of drug-likeness (QED) is 0.0184. The van der Waals surface area contributed by atoms with Crippen LogP contribution in [0, 0.1) is 69.6 Å². The fourth-order valence-corrected chi connectivity index (χ4v) is 12.9. The molecular weight excluding hydrogens is 2140 g/mol. The monoisotopic (exact) mass is 2270 g/mol. The molecule has 0 aromatic carbocycles. The number of pyridine rings is 2. The number of hydrogen-bond acceptors (Lipinski definition) is 28. The Kier molecular flexibility index (Phi) is 53.9. The van der Waals surface area contributed by atoms with Crippen molar-refractivity contribution < 1.29 is 61.9 Å². The van der Waals surface area contributed by atoms with Gasteiger partial charge in [-0.2, -0.15) is 35.7 Å². The van der Waals surface area contributed by atoms with Gasteiger partial charge >= 0.3 is 24.1 Å². The molecule has 0 saturated heterocycles. The van der Waals surface area contributed by atoms with E-state index in [0.29, 0.717) is 121 Å². The molecule has 5 amide bonds. The maximum atomic E-state index is 12.0. The smallest absolute Gasteiger partial charge is 0.338 e. The molecule has 17 rings (SSSR count). The number of methoxy groups -OCH3 is 4. The number of rotatable bonds is 26. The van der Waals surface area contributed by atoms with Crippen LogP contribution in [0.1, 0.15) is 120 Å². The lowest BCUT2D eigenvalue weighted by atomic mass is 10.2. The number of aryl methyl sites for hydroxylation is 11. The van der Waals surface area contributed by atoms with Gasteiger partial charge in [0, 0.05) is 246 Å². The molecule has 788 valence electrons. The molecule has 0 aliphatic heterocycles. The van der Waals surface area contributed by atoms with Gasteiger partial charge < -0.3 is 79.7 Å². The highest BCUT2D eigenvalue weighted by atomic mass is 79.9. The van der Waals surface area contributed by atoms with Crippen LogP contribution in [-0.2, 0) is 73.1 Å². The van der Waals surface area contributed by atoms with E-state index >= 15 is 0 Å². The second-order valence-electron chi connectivity index (χ2n) is 32.0. The predicted octanol–water partition coefficient (Wildman–Crippen LogP) is 14.4. The van der Waals surface area contributed by atoms with Crippen molar-refractivity contribution in [1.29, 1.82) is 0 Å². The summed E-state index contributed by atoms with van der Waals surface area (Å²) < 4.78 is 60.0. The first-order valence-corrected chi connectivity index (χ1v) is 48.2. The average Bonchev–Trinajstić information content (AvgIpc) is 1.67. The summed E-state index contributed by atoms with van der Waals surface area (Å²) in [6.45, 7) is 17.2. The Morgan fingerprint density at radius 3 is 1.20 bits per heavy atom. The molecule has 0 unspecified atom stereocenters. The van der Waals surface area contributed by atoms with E-state index in [1.54, 1.807) is 151 Å². The van der Waals surface area contributed by atoms with E-state index in [1.807, 2.05) is 55.9 Å². The van der Waals surface area contributed by atoms with E-state index < -0.39 is 0 Å². The van der Waals surface area contributed by atoms with Gasteiger partial charge in [-0.1, -0.05) is 26.7 Å². The van der Waals surface area contributed by atoms with Gasteiger partial charge in [-0.05, 0) is 198 Å². The minimum absolute atomic E-state index is 0. The summed E-state index contributed by atoms with van der Waals surface area (Å²) >= 11 is 13.3. The summed E-state index contributed by atoms with van der Waals surface area (Å²) in [5.74, 6) is 17.4. The number of amides is 5. The zero-order valence-corrected chi connectivity index (χ0v) is 90.0. The molecule has 49 heteroatoms. The molecule has 3 aliphatic rings. The van der Waals surface area contributed by atoms with Crippen molar-refractivity contribution in [2.45, 2.75) is 108 Å². The van der Waals surface area contributed by atoms with Gasteiger partial charge in [-0.15, -0.1) is 6.42 Å².